The van der Waals surface area contributed by atoms with Crippen molar-refractivity contribution in [2.45, 2.75) is 25.9 Å². The fraction of sp³-hybridized carbons (Fsp3) is 0.281. The second kappa shape index (κ2) is 13.0. The predicted molar refractivity (Wildman–Crippen MR) is 160 cm³/mol. The minimum absolute atomic E-state index is 0.133. The maximum absolute atomic E-state index is 13.2. The van der Waals surface area contributed by atoms with Crippen LogP contribution in [0.4, 0.5) is 11.4 Å². The van der Waals surface area contributed by atoms with E-state index in [1.165, 1.54) is 6.07 Å². The molecule has 4 N–H and O–H groups in total. The average molecular weight is 571 g/mol. The molecule has 2 aliphatic rings. The molecule has 5 rings (SSSR count). The Kier molecular flexibility index (Phi) is 8.97. The van der Waals surface area contributed by atoms with E-state index in [9.17, 15) is 19.5 Å². The maximum atomic E-state index is 13.2. The van der Waals surface area contributed by atoms with Crippen LogP contribution in [0.1, 0.15) is 50.2 Å². The number of anilines is 2. The molecule has 42 heavy (non-hydrogen) atoms. The van der Waals surface area contributed by atoms with E-state index in [2.05, 4.69) is 21.0 Å². The van der Waals surface area contributed by atoms with Gasteiger partial charge in [0.1, 0.15) is 0 Å². The molecule has 218 valence electrons. The van der Waals surface area contributed by atoms with Crippen molar-refractivity contribution in [3.63, 3.8) is 0 Å². The third-order valence-electron chi connectivity index (χ3n) is 7.61. The van der Waals surface area contributed by atoms with Crippen LogP contribution in [0.15, 0.2) is 66.7 Å². The Balaban J connectivity index is 1.29. The summed E-state index contributed by atoms with van der Waals surface area (Å²) in [5, 5.41) is 15.7. The number of nitrogens with one attached hydrogen (secondary N) is 3. The SMILES string of the molecule is COC1CCN(CCONC(=O)c2ccc(NC(=C3C(=O)Nc4cc(C(=O)O)c(C)cc43)c3ccccc3)cc2)CC1. The van der Waals surface area contributed by atoms with Gasteiger partial charge in [-0.05, 0) is 67.3 Å². The van der Waals surface area contributed by atoms with Crippen molar-refractivity contribution < 1.29 is 29.1 Å². The topological polar surface area (TPSA) is 129 Å². The number of methoxy groups -OCH3 is 1. The van der Waals surface area contributed by atoms with Crippen LogP contribution in [0, 0.1) is 6.92 Å². The normalized spacial score (nSPS) is 16.5. The van der Waals surface area contributed by atoms with Gasteiger partial charge in [-0.15, -0.1) is 0 Å². The average Bonchev–Trinajstić information content (AvgIpc) is 3.32. The Labute approximate surface area is 244 Å². The Hall–Kier alpha value is -4.51. The molecule has 0 radical (unpaired) electrons. The quantitative estimate of drug-likeness (QED) is 0.160. The smallest absolute Gasteiger partial charge is 0.336 e. The van der Waals surface area contributed by atoms with Gasteiger partial charge >= 0.3 is 5.97 Å². The van der Waals surface area contributed by atoms with Gasteiger partial charge in [0, 0.05) is 43.6 Å². The summed E-state index contributed by atoms with van der Waals surface area (Å²) < 4.78 is 5.40. The lowest BCUT2D eigenvalue weighted by atomic mass is 9.96. The first-order valence-electron chi connectivity index (χ1n) is 13.9. The standard InChI is InChI=1S/C32H34N4O6/c1-20-18-26-27(19-25(20)32(39)40)34-31(38)28(26)29(21-6-4-3-5-7-21)33-23-10-8-22(9-11-23)30(37)35-42-17-16-36-14-12-24(41-2)13-15-36/h3-11,18-19,24,33H,12-17H2,1-2H3,(H,34,38)(H,35,37)(H,39,40). The zero-order valence-corrected chi connectivity index (χ0v) is 23.6. The Morgan fingerprint density at radius 2 is 1.74 bits per heavy atom. The molecule has 10 heteroatoms. The molecule has 1 fully saturated rings. The lowest BCUT2D eigenvalue weighted by Crippen LogP contribution is -2.39. The predicted octanol–water partition coefficient (Wildman–Crippen LogP) is 4.40. The zero-order chi connectivity index (χ0) is 29.6. The highest BCUT2D eigenvalue weighted by molar-refractivity contribution is 6.37. The molecule has 0 atom stereocenters. The van der Waals surface area contributed by atoms with Crippen LogP contribution >= 0.6 is 0 Å². The first-order valence-corrected chi connectivity index (χ1v) is 13.9. The number of nitrogens with zero attached hydrogens (tertiary/aromatic N) is 1. The second-order valence-corrected chi connectivity index (χ2v) is 10.3. The van der Waals surface area contributed by atoms with E-state index < -0.39 is 5.97 Å². The van der Waals surface area contributed by atoms with Crippen LogP contribution in [0.2, 0.25) is 0 Å². The maximum Gasteiger partial charge on any atom is 0.336 e. The van der Waals surface area contributed by atoms with Crippen LogP contribution in [0.3, 0.4) is 0 Å². The van der Waals surface area contributed by atoms with Crippen LogP contribution in [-0.2, 0) is 14.4 Å². The van der Waals surface area contributed by atoms with Gasteiger partial charge in [0.05, 0.1) is 35.2 Å². The van der Waals surface area contributed by atoms with E-state index in [0.717, 1.165) is 38.0 Å². The molecule has 0 bridgehead atoms. The first kappa shape index (κ1) is 29.0. The number of benzene rings is 3. The second-order valence-electron chi connectivity index (χ2n) is 10.3. The number of aromatic carboxylic acids is 1. The molecule has 0 saturated carbocycles. The number of carboxylic acids is 1. The van der Waals surface area contributed by atoms with Crippen LogP contribution in [0.25, 0.3) is 11.3 Å². The molecule has 2 heterocycles. The number of hydrogen-bond donors (Lipinski definition) is 4. The molecular formula is C32H34N4O6. The van der Waals surface area contributed by atoms with Crippen LogP contribution in [0.5, 0.6) is 0 Å². The largest absolute Gasteiger partial charge is 0.478 e. The minimum Gasteiger partial charge on any atom is -0.478 e. The first-order chi connectivity index (χ1) is 20.3. The summed E-state index contributed by atoms with van der Waals surface area (Å²) in [6, 6.07) is 19.5. The molecule has 10 nitrogen and oxygen atoms in total. The summed E-state index contributed by atoms with van der Waals surface area (Å²) in [5.41, 5.74) is 7.08. The fourth-order valence-electron chi connectivity index (χ4n) is 5.26. The summed E-state index contributed by atoms with van der Waals surface area (Å²) in [6.45, 7) is 4.71. The number of carboxylic acid groups (broad SMARTS) is 1. The van der Waals surface area contributed by atoms with E-state index in [1.54, 1.807) is 44.4 Å². The number of hydrogen-bond acceptors (Lipinski definition) is 7. The number of carbonyl (C=O) groups is 3. The van der Waals surface area contributed by atoms with Crippen molar-refractivity contribution in [3.8, 4) is 0 Å². The number of hydroxylamine groups is 1. The molecular weight excluding hydrogens is 536 g/mol. The third kappa shape index (κ3) is 6.52. The van der Waals surface area contributed by atoms with Gasteiger partial charge in [0.2, 0.25) is 0 Å². The molecule has 0 unspecified atom stereocenters. The lowest BCUT2D eigenvalue weighted by molar-refractivity contribution is -0.110. The molecule has 1 saturated heterocycles. The van der Waals surface area contributed by atoms with E-state index >= 15 is 0 Å². The fourth-order valence-corrected chi connectivity index (χ4v) is 5.26. The summed E-state index contributed by atoms with van der Waals surface area (Å²) in [5.74, 6) is -1.75. The van der Waals surface area contributed by atoms with Crippen molar-refractivity contribution in [1.82, 2.24) is 10.4 Å². The van der Waals surface area contributed by atoms with Crippen molar-refractivity contribution in [2.24, 2.45) is 0 Å². The van der Waals surface area contributed by atoms with E-state index in [1.807, 2.05) is 30.3 Å². The zero-order valence-electron chi connectivity index (χ0n) is 23.6. The van der Waals surface area contributed by atoms with E-state index in [0.29, 0.717) is 52.0 Å². The highest BCUT2D eigenvalue weighted by Gasteiger charge is 2.30. The third-order valence-corrected chi connectivity index (χ3v) is 7.61. The van der Waals surface area contributed by atoms with Crippen molar-refractivity contribution in [2.75, 3.05) is 44.0 Å². The van der Waals surface area contributed by atoms with Crippen LogP contribution < -0.4 is 16.1 Å². The molecule has 0 aliphatic carbocycles. The van der Waals surface area contributed by atoms with Gasteiger partial charge in [-0.2, -0.15) is 0 Å². The number of ether oxygens (including phenoxy) is 1. The number of rotatable bonds is 10. The summed E-state index contributed by atoms with van der Waals surface area (Å²) in [7, 11) is 1.74. The number of aryl methyl sites for hydroxylation is 1. The molecule has 0 aromatic heterocycles. The number of carbonyl (C=O) groups excluding carboxylic acids is 2. The Morgan fingerprint density at radius 1 is 1.02 bits per heavy atom. The summed E-state index contributed by atoms with van der Waals surface area (Å²) in [4.78, 5) is 45.2. The number of amides is 2. The Bertz CT molecular complexity index is 1500. The van der Waals surface area contributed by atoms with Crippen molar-refractivity contribution in [1.29, 1.82) is 0 Å². The number of piperidine rings is 1. The lowest BCUT2D eigenvalue weighted by Gasteiger charge is -2.30. The molecule has 2 amide bonds. The monoisotopic (exact) mass is 570 g/mol. The van der Waals surface area contributed by atoms with Gasteiger partial charge in [-0.3, -0.25) is 14.4 Å². The highest BCUT2D eigenvalue weighted by atomic mass is 16.7. The highest BCUT2D eigenvalue weighted by Crippen LogP contribution is 2.39. The minimum atomic E-state index is -1.06. The summed E-state index contributed by atoms with van der Waals surface area (Å²) >= 11 is 0. The van der Waals surface area contributed by atoms with Gasteiger partial charge in [-0.1, -0.05) is 30.3 Å². The molecule has 0 spiro atoms. The van der Waals surface area contributed by atoms with Gasteiger partial charge in [0.25, 0.3) is 11.8 Å². The number of likely N-dealkylation sites (tertiary alicyclic amines) is 1. The Morgan fingerprint density at radius 3 is 2.40 bits per heavy atom. The molecule has 3 aromatic carbocycles. The molecule has 3 aromatic rings. The van der Waals surface area contributed by atoms with Gasteiger partial charge in [-0.25, -0.2) is 10.3 Å². The van der Waals surface area contributed by atoms with Gasteiger partial charge < -0.3 is 25.4 Å². The van der Waals surface area contributed by atoms with E-state index in [-0.39, 0.29) is 17.4 Å². The molecule has 2 aliphatic heterocycles. The number of fused-ring (bicyclic) bond motifs is 1. The van der Waals surface area contributed by atoms with E-state index in [4.69, 9.17) is 9.57 Å². The van der Waals surface area contributed by atoms with Crippen molar-refractivity contribution in [3.05, 3.63) is 94.5 Å². The van der Waals surface area contributed by atoms with Gasteiger partial charge in [0.15, 0.2) is 0 Å². The van der Waals surface area contributed by atoms with Crippen LogP contribution in [-0.4, -0.2) is 67.2 Å². The summed E-state index contributed by atoms with van der Waals surface area (Å²) in [6.07, 6.45) is 2.31. The van der Waals surface area contributed by atoms with Crippen molar-refractivity contribution >= 4 is 40.4 Å².